The van der Waals surface area contributed by atoms with Crippen molar-refractivity contribution in [3.8, 4) is 6.07 Å². The van der Waals surface area contributed by atoms with Gasteiger partial charge in [-0.3, -0.25) is 4.79 Å². The number of benzene rings is 1. The quantitative estimate of drug-likeness (QED) is 0.922. The molecule has 1 aromatic rings. The number of nitrogens with zero attached hydrogens (tertiary/aromatic N) is 2. The van der Waals surface area contributed by atoms with E-state index in [4.69, 9.17) is 10.00 Å². The van der Waals surface area contributed by atoms with Crippen LogP contribution < -0.4 is 5.32 Å². The monoisotopic (exact) mass is 315 g/mol. The lowest BCUT2D eigenvalue weighted by Gasteiger charge is -2.31. The van der Waals surface area contributed by atoms with Gasteiger partial charge in [0.2, 0.25) is 0 Å². The van der Waals surface area contributed by atoms with Crippen LogP contribution >= 0.6 is 0 Å². The first-order valence-electron chi connectivity index (χ1n) is 7.82. The lowest BCUT2D eigenvalue weighted by molar-refractivity contribution is 0.0860. The van der Waals surface area contributed by atoms with E-state index >= 15 is 0 Å². The minimum absolute atomic E-state index is 0.0489. The van der Waals surface area contributed by atoms with Crippen molar-refractivity contribution in [2.45, 2.75) is 32.2 Å². The number of rotatable bonds is 4. The maximum absolute atomic E-state index is 12.3. The van der Waals surface area contributed by atoms with Gasteiger partial charge in [0.1, 0.15) is 0 Å². The van der Waals surface area contributed by atoms with Gasteiger partial charge in [-0.25, -0.2) is 4.79 Å². The molecule has 1 N–H and O–H groups in total. The van der Waals surface area contributed by atoms with E-state index in [1.807, 2.05) is 6.07 Å². The zero-order valence-corrected chi connectivity index (χ0v) is 13.2. The van der Waals surface area contributed by atoms with E-state index in [1.54, 1.807) is 30.0 Å². The number of piperidine rings is 1. The number of amides is 2. The Kier molecular flexibility index (Phi) is 5.98. The third-order valence-electron chi connectivity index (χ3n) is 3.83. The molecule has 1 aliphatic heterocycles. The summed E-state index contributed by atoms with van der Waals surface area (Å²) in [6.07, 6.45) is 1.42. The van der Waals surface area contributed by atoms with E-state index < -0.39 is 0 Å². The molecule has 0 unspecified atom stereocenters. The van der Waals surface area contributed by atoms with Crippen LogP contribution in [0.25, 0.3) is 0 Å². The predicted molar refractivity (Wildman–Crippen MR) is 84.8 cm³/mol. The molecule has 2 rings (SSSR count). The van der Waals surface area contributed by atoms with Crippen LogP contribution in [0.3, 0.4) is 0 Å². The lowest BCUT2D eigenvalue weighted by Crippen LogP contribution is -2.46. The Hall–Kier alpha value is -2.55. The Balaban J connectivity index is 1.86. The number of nitrogens with one attached hydrogen (secondary N) is 1. The summed E-state index contributed by atoms with van der Waals surface area (Å²) in [5, 5.41) is 11.7. The van der Waals surface area contributed by atoms with Crippen LogP contribution in [-0.2, 0) is 11.2 Å². The summed E-state index contributed by atoms with van der Waals surface area (Å²) < 4.78 is 4.98. The lowest BCUT2D eigenvalue weighted by atomic mass is 10.0. The predicted octanol–water partition coefficient (Wildman–Crippen LogP) is 2.10. The summed E-state index contributed by atoms with van der Waals surface area (Å²) in [5.74, 6) is -0.139. The third kappa shape index (κ3) is 4.71. The summed E-state index contributed by atoms with van der Waals surface area (Å²) in [7, 11) is 0. The second-order valence-corrected chi connectivity index (χ2v) is 5.47. The molecule has 1 saturated heterocycles. The van der Waals surface area contributed by atoms with Crippen molar-refractivity contribution in [1.29, 1.82) is 5.26 Å². The average molecular weight is 315 g/mol. The molecular formula is C17H21N3O3. The van der Waals surface area contributed by atoms with Crippen molar-refractivity contribution in [3.05, 3.63) is 35.4 Å². The van der Waals surface area contributed by atoms with E-state index in [1.165, 1.54) is 0 Å². The van der Waals surface area contributed by atoms with Gasteiger partial charge in [-0.1, -0.05) is 12.1 Å². The molecule has 6 heteroatoms. The molecule has 122 valence electrons. The zero-order valence-electron chi connectivity index (χ0n) is 13.2. The number of ether oxygens (including phenoxy) is 1. The van der Waals surface area contributed by atoms with Gasteiger partial charge in [-0.15, -0.1) is 0 Å². The number of hydrogen-bond donors (Lipinski definition) is 1. The van der Waals surface area contributed by atoms with E-state index in [-0.39, 0.29) is 18.0 Å². The van der Waals surface area contributed by atoms with Crippen molar-refractivity contribution in [2.24, 2.45) is 0 Å². The molecule has 2 amide bonds. The van der Waals surface area contributed by atoms with Gasteiger partial charge < -0.3 is 15.0 Å². The van der Waals surface area contributed by atoms with Gasteiger partial charge in [-0.05, 0) is 37.5 Å². The highest BCUT2D eigenvalue weighted by Gasteiger charge is 2.24. The minimum atomic E-state index is -0.290. The number of nitriles is 1. The fourth-order valence-corrected chi connectivity index (χ4v) is 2.60. The highest BCUT2D eigenvalue weighted by Crippen LogP contribution is 2.13. The topological polar surface area (TPSA) is 82.4 Å². The normalized spacial score (nSPS) is 14.9. The molecule has 0 aromatic heterocycles. The summed E-state index contributed by atoms with van der Waals surface area (Å²) in [4.78, 5) is 25.6. The van der Waals surface area contributed by atoms with Gasteiger partial charge in [0.05, 0.1) is 19.1 Å². The van der Waals surface area contributed by atoms with Gasteiger partial charge in [0.25, 0.3) is 5.91 Å². The van der Waals surface area contributed by atoms with Crippen molar-refractivity contribution >= 4 is 12.0 Å². The Bertz CT molecular complexity index is 601. The molecular weight excluding hydrogens is 294 g/mol. The molecule has 0 bridgehead atoms. The van der Waals surface area contributed by atoms with Crippen LogP contribution in [0, 0.1) is 11.3 Å². The van der Waals surface area contributed by atoms with E-state index in [9.17, 15) is 9.59 Å². The van der Waals surface area contributed by atoms with Crippen molar-refractivity contribution in [3.63, 3.8) is 0 Å². The molecule has 0 spiro atoms. The highest BCUT2D eigenvalue weighted by atomic mass is 16.6. The highest BCUT2D eigenvalue weighted by molar-refractivity contribution is 5.94. The van der Waals surface area contributed by atoms with E-state index in [0.717, 1.165) is 5.56 Å². The fourth-order valence-electron chi connectivity index (χ4n) is 2.60. The molecule has 0 saturated carbocycles. The second kappa shape index (κ2) is 8.18. The van der Waals surface area contributed by atoms with Crippen LogP contribution in [0.4, 0.5) is 4.79 Å². The minimum Gasteiger partial charge on any atom is -0.450 e. The SMILES string of the molecule is CCOC(=O)N1CCC(NC(=O)c2cccc(CC#N)c2)CC1. The molecule has 23 heavy (non-hydrogen) atoms. The Morgan fingerprint density at radius 1 is 1.39 bits per heavy atom. The standard InChI is InChI=1S/C17H21N3O3/c1-2-23-17(22)20-10-7-15(8-11-20)19-16(21)14-5-3-4-13(12-14)6-9-18/h3-5,12,15H,2,6-8,10-11H2,1H3,(H,19,21). The van der Waals surface area contributed by atoms with Crippen LogP contribution in [0.2, 0.25) is 0 Å². The molecule has 1 aromatic carbocycles. The summed E-state index contributed by atoms with van der Waals surface area (Å²) >= 11 is 0. The Morgan fingerprint density at radius 3 is 2.78 bits per heavy atom. The molecule has 0 radical (unpaired) electrons. The van der Waals surface area contributed by atoms with Crippen LogP contribution in [0.15, 0.2) is 24.3 Å². The smallest absolute Gasteiger partial charge is 0.409 e. The zero-order chi connectivity index (χ0) is 16.7. The maximum Gasteiger partial charge on any atom is 0.409 e. The number of carbonyl (C=O) groups excluding carboxylic acids is 2. The first-order valence-corrected chi connectivity index (χ1v) is 7.82. The maximum atomic E-state index is 12.3. The molecule has 0 aliphatic carbocycles. The first kappa shape index (κ1) is 16.8. The molecule has 1 aliphatic rings. The second-order valence-electron chi connectivity index (χ2n) is 5.47. The Labute approximate surface area is 136 Å². The van der Waals surface area contributed by atoms with Crippen molar-refractivity contribution in [2.75, 3.05) is 19.7 Å². The van der Waals surface area contributed by atoms with Gasteiger partial charge >= 0.3 is 6.09 Å². The summed E-state index contributed by atoms with van der Waals surface area (Å²) in [5.41, 5.74) is 1.39. The number of hydrogen-bond acceptors (Lipinski definition) is 4. The first-order chi connectivity index (χ1) is 11.1. The third-order valence-corrected chi connectivity index (χ3v) is 3.83. The van der Waals surface area contributed by atoms with Crippen molar-refractivity contribution in [1.82, 2.24) is 10.2 Å². The van der Waals surface area contributed by atoms with Crippen molar-refractivity contribution < 1.29 is 14.3 Å². The number of likely N-dealkylation sites (tertiary alicyclic amines) is 1. The average Bonchev–Trinajstić information content (AvgIpc) is 2.56. The summed E-state index contributed by atoms with van der Waals surface area (Å²) in [6.45, 7) is 3.32. The van der Waals surface area contributed by atoms with E-state index in [0.29, 0.717) is 44.5 Å². The molecule has 6 nitrogen and oxygen atoms in total. The van der Waals surface area contributed by atoms with Gasteiger partial charge in [0.15, 0.2) is 0 Å². The van der Waals surface area contributed by atoms with Gasteiger partial charge in [0, 0.05) is 24.7 Å². The fraction of sp³-hybridized carbons (Fsp3) is 0.471. The van der Waals surface area contributed by atoms with Crippen LogP contribution in [-0.4, -0.2) is 42.6 Å². The largest absolute Gasteiger partial charge is 0.450 e. The molecule has 0 atom stereocenters. The summed E-state index contributed by atoms with van der Waals surface area (Å²) in [6, 6.07) is 9.22. The van der Waals surface area contributed by atoms with E-state index in [2.05, 4.69) is 11.4 Å². The number of carbonyl (C=O) groups is 2. The van der Waals surface area contributed by atoms with Gasteiger partial charge in [-0.2, -0.15) is 5.26 Å². The van der Waals surface area contributed by atoms with Crippen LogP contribution in [0.1, 0.15) is 35.7 Å². The van der Waals surface area contributed by atoms with Crippen LogP contribution in [0.5, 0.6) is 0 Å². The molecule has 1 heterocycles. The molecule has 1 fully saturated rings. The Morgan fingerprint density at radius 2 is 2.13 bits per heavy atom.